The van der Waals surface area contributed by atoms with Crippen LogP contribution < -0.4 is 9.47 Å². The summed E-state index contributed by atoms with van der Waals surface area (Å²) in [4.78, 5) is 39.6. The maximum atomic E-state index is 13.2. The standard InChI is InChI=1S/C24H28O5/c1-23(2)9-13(25)19(14(26)10-23)22-20-15(27)11-24(3,4)12-18(20)29-17-8-6-7-16(28-5)21(17)22/h6-8,19,22H,9-12H2,1-5H3. The van der Waals surface area contributed by atoms with Crippen molar-refractivity contribution in [2.45, 2.75) is 59.3 Å². The summed E-state index contributed by atoms with van der Waals surface area (Å²) in [6, 6.07) is 5.44. The fraction of sp³-hybridized carbons (Fsp3) is 0.542. The molecule has 1 aromatic rings. The van der Waals surface area contributed by atoms with Crippen LogP contribution in [0.1, 0.15) is 64.9 Å². The lowest BCUT2D eigenvalue weighted by Gasteiger charge is -2.42. The van der Waals surface area contributed by atoms with E-state index < -0.39 is 11.8 Å². The van der Waals surface area contributed by atoms with Gasteiger partial charge in [-0.2, -0.15) is 0 Å². The first-order valence-corrected chi connectivity index (χ1v) is 10.2. The van der Waals surface area contributed by atoms with Gasteiger partial charge in [-0.3, -0.25) is 14.4 Å². The monoisotopic (exact) mass is 396 g/mol. The van der Waals surface area contributed by atoms with Crippen molar-refractivity contribution in [3.8, 4) is 11.5 Å². The Hall–Kier alpha value is -2.43. The second-order valence-corrected chi connectivity index (χ2v) is 10.2. The summed E-state index contributed by atoms with van der Waals surface area (Å²) in [5.41, 5.74) is 0.565. The van der Waals surface area contributed by atoms with E-state index in [-0.39, 0.29) is 28.2 Å². The Kier molecular flexibility index (Phi) is 4.48. The van der Waals surface area contributed by atoms with Gasteiger partial charge in [-0.05, 0) is 23.0 Å². The second-order valence-electron chi connectivity index (χ2n) is 10.2. The fourth-order valence-electron chi connectivity index (χ4n) is 5.20. The molecule has 4 rings (SSSR count). The molecule has 0 bridgehead atoms. The predicted molar refractivity (Wildman–Crippen MR) is 108 cm³/mol. The molecule has 0 aromatic heterocycles. The predicted octanol–water partition coefficient (Wildman–Crippen LogP) is 4.39. The lowest BCUT2D eigenvalue weighted by molar-refractivity contribution is -0.140. The first-order valence-electron chi connectivity index (χ1n) is 10.2. The van der Waals surface area contributed by atoms with Gasteiger partial charge in [0.15, 0.2) is 5.78 Å². The number of Topliss-reactive ketones (excluding diaryl/α,β-unsaturated/α-hetero) is 3. The number of fused-ring (bicyclic) bond motifs is 1. The summed E-state index contributed by atoms with van der Waals surface area (Å²) in [7, 11) is 1.55. The third-order valence-electron chi connectivity index (χ3n) is 6.31. The van der Waals surface area contributed by atoms with E-state index in [1.54, 1.807) is 13.2 Å². The Morgan fingerprint density at radius 3 is 2.14 bits per heavy atom. The molecule has 0 N–H and O–H groups in total. The number of rotatable bonds is 2. The highest BCUT2D eigenvalue weighted by atomic mass is 16.5. The van der Waals surface area contributed by atoms with Crippen molar-refractivity contribution in [3.05, 3.63) is 35.1 Å². The number of carbonyl (C=O) groups is 3. The summed E-state index contributed by atoms with van der Waals surface area (Å²) < 4.78 is 11.7. The van der Waals surface area contributed by atoms with E-state index in [1.165, 1.54) is 0 Å². The molecule has 0 saturated heterocycles. The molecule has 1 atom stereocenters. The van der Waals surface area contributed by atoms with Crippen LogP contribution in [0, 0.1) is 16.7 Å². The average molecular weight is 396 g/mol. The number of ether oxygens (including phenoxy) is 2. The molecule has 5 heteroatoms. The van der Waals surface area contributed by atoms with Gasteiger partial charge in [-0.1, -0.05) is 33.8 Å². The second kappa shape index (κ2) is 6.54. The first-order chi connectivity index (χ1) is 13.5. The van der Waals surface area contributed by atoms with E-state index >= 15 is 0 Å². The van der Waals surface area contributed by atoms with E-state index in [9.17, 15) is 14.4 Å². The topological polar surface area (TPSA) is 69.7 Å². The van der Waals surface area contributed by atoms with Crippen LogP contribution in [-0.2, 0) is 14.4 Å². The number of ketones is 3. The molecule has 5 nitrogen and oxygen atoms in total. The number of methoxy groups -OCH3 is 1. The molecule has 1 fully saturated rings. The summed E-state index contributed by atoms with van der Waals surface area (Å²) >= 11 is 0. The quantitative estimate of drug-likeness (QED) is 0.694. The number of carbonyl (C=O) groups excluding carboxylic acids is 3. The van der Waals surface area contributed by atoms with Gasteiger partial charge in [-0.25, -0.2) is 0 Å². The van der Waals surface area contributed by atoms with Crippen LogP contribution in [0.5, 0.6) is 11.5 Å². The van der Waals surface area contributed by atoms with Crippen molar-refractivity contribution in [3.63, 3.8) is 0 Å². The molecule has 154 valence electrons. The molecular weight excluding hydrogens is 368 g/mol. The molecule has 0 radical (unpaired) electrons. The summed E-state index contributed by atoms with van der Waals surface area (Å²) in [5.74, 6) is -0.0162. The maximum Gasteiger partial charge on any atom is 0.163 e. The Morgan fingerprint density at radius 2 is 1.52 bits per heavy atom. The average Bonchev–Trinajstić information content (AvgIpc) is 2.57. The highest BCUT2D eigenvalue weighted by Gasteiger charge is 2.51. The van der Waals surface area contributed by atoms with Crippen LogP contribution in [0.25, 0.3) is 0 Å². The van der Waals surface area contributed by atoms with Gasteiger partial charge in [0, 0.05) is 42.7 Å². The minimum absolute atomic E-state index is 0.0387. The van der Waals surface area contributed by atoms with Crippen molar-refractivity contribution < 1.29 is 23.9 Å². The van der Waals surface area contributed by atoms with Gasteiger partial charge in [0.25, 0.3) is 0 Å². The van der Waals surface area contributed by atoms with Gasteiger partial charge in [0.05, 0.1) is 13.0 Å². The summed E-state index contributed by atoms with van der Waals surface area (Å²) in [6.07, 6.45) is 1.62. The van der Waals surface area contributed by atoms with Gasteiger partial charge in [0.2, 0.25) is 0 Å². The number of benzene rings is 1. The van der Waals surface area contributed by atoms with Crippen molar-refractivity contribution in [1.82, 2.24) is 0 Å². The highest BCUT2D eigenvalue weighted by Crippen LogP contribution is 2.54. The van der Waals surface area contributed by atoms with Crippen molar-refractivity contribution in [2.75, 3.05) is 7.11 Å². The highest BCUT2D eigenvalue weighted by molar-refractivity contribution is 6.09. The molecule has 0 spiro atoms. The largest absolute Gasteiger partial charge is 0.496 e. The third-order valence-corrected chi connectivity index (χ3v) is 6.31. The third kappa shape index (κ3) is 3.30. The zero-order chi connectivity index (χ0) is 21.1. The zero-order valence-corrected chi connectivity index (χ0v) is 17.8. The van der Waals surface area contributed by atoms with E-state index in [0.29, 0.717) is 54.1 Å². The molecule has 1 unspecified atom stereocenters. The molecular formula is C24H28O5. The minimum Gasteiger partial charge on any atom is -0.496 e. The molecule has 1 heterocycles. The van der Waals surface area contributed by atoms with Crippen LogP contribution in [0.4, 0.5) is 0 Å². The van der Waals surface area contributed by atoms with Gasteiger partial charge < -0.3 is 9.47 Å². The Bertz CT molecular complexity index is 930. The SMILES string of the molecule is COc1cccc2c1C(C1C(=O)CC(C)(C)CC1=O)C1=C(CC(C)(C)CC1=O)O2. The Morgan fingerprint density at radius 1 is 0.897 bits per heavy atom. The van der Waals surface area contributed by atoms with Gasteiger partial charge >= 0.3 is 0 Å². The number of hydrogen-bond donors (Lipinski definition) is 0. The lowest BCUT2D eigenvalue weighted by atomic mass is 9.62. The number of allylic oxidation sites excluding steroid dienone is 2. The Labute approximate surface area is 171 Å². The van der Waals surface area contributed by atoms with Gasteiger partial charge in [0.1, 0.15) is 28.8 Å². The van der Waals surface area contributed by atoms with Crippen LogP contribution in [0.2, 0.25) is 0 Å². The maximum absolute atomic E-state index is 13.2. The number of hydrogen-bond acceptors (Lipinski definition) is 5. The van der Waals surface area contributed by atoms with E-state index in [0.717, 1.165) is 0 Å². The minimum atomic E-state index is -0.864. The van der Waals surface area contributed by atoms with Crippen molar-refractivity contribution >= 4 is 17.3 Å². The van der Waals surface area contributed by atoms with E-state index in [4.69, 9.17) is 9.47 Å². The van der Waals surface area contributed by atoms with Gasteiger partial charge in [-0.15, -0.1) is 0 Å². The van der Waals surface area contributed by atoms with Crippen LogP contribution in [0.3, 0.4) is 0 Å². The van der Waals surface area contributed by atoms with Crippen molar-refractivity contribution in [2.24, 2.45) is 16.7 Å². The van der Waals surface area contributed by atoms with Crippen molar-refractivity contribution in [1.29, 1.82) is 0 Å². The fourth-order valence-corrected chi connectivity index (χ4v) is 5.20. The normalized spacial score (nSPS) is 26.0. The molecule has 1 aliphatic heterocycles. The first kappa shape index (κ1) is 19.9. The lowest BCUT2D eigenvalue weighted by Crippen LogP contribution is -2.44. The van der Waals surface area contributed by atoms with Crippen LogP contribution >= 0.6 is 0 Å². The zero-order valence-electron chi connectivity index (χ0n) is 17.8. The van der Waals surface area contributed by atoms with Crippen LogP contribution in [-0.4, -0.2) is 24.5 Å². The Balaban J connectivity index is 1.92. The molecule has 2 aliphatic carbocycles. The summed E-state index contributed by atoms with van der Waals surface area (Å²) in [5, 5.41) is 0. The molecule has 1 aromatic carbocycles. The molecule has 0 amide bonds. The smallest absolute Gasteiger partial charge is 0.163 e. The molecule has 29 heavy (non-hydrogen) atoms. The van der Waals surface area contributed by atoms with E-state index in [2.05, 4.69) is 0 Å². The summed E-state index contributed by atoms with van der Waals surface area (Å²) in [6.45, 7) is 7.95. The van der Waals surface area contributed by atoms with E-state index in [1.807, 2.05) is 39.8 Å². The van der Waals surface area contributed by atoms with Crippen LogP contribution in [0.15, 0.2) is 29.5 Å². The molecule has 3 aliphatic rings. The molecule has 1 saturated carbocycles.